The summed E-state index contributed by atoms with van der Waals surface area (Å²) in [6.45, 7) is 0. The molecule has 24 heavy (non-hydrogen) atoms. The monoisotopic (exact) mass is 323 g/mol. The van der Waals surface area contributed by atoms with Crippen molar-refractivity contribution in [3.05, 3.63) is 66.0 Å². The molecule has 0 aliphatic rings. The van der Waals surface area contributed by atoms with E-state index in [0.717, 1.165) is 17.0 Å². The standard InChI is InChI=1S/C19H14FNO3/c1-24-19-13(8-10-18(22)23)7-9-17(21-19)14-6-5-12-3-2-4-16(20)15(12)11-14/h2-11H,1H3,(H,22,23)/b10-8+. The van der Waals surface area contributed by atoms with Crippen LogP contribution in [0.2, 0.25) is 0 Å². The van der Waals surface area contributed by atoms with E-state index in [1.165, 1.54) is 19.3 Å². The summed E-state index contributed by atoms with van der Waals surface area (Å²) in [6.07, 6.45) is 2.43. The lowest BCUT2D eigenvalue weighted by molar-refractivity contribution is -0.131. The summed E-state index contributed by atoms with van der Waals surface area (Å²) in [6, 6.07) is 13.8. The molecule has 0 radical (unpaired) electrons. The van der Waals surface area contributed by atoms with Crippen molar-refractivity contribution in [3.63, 3.8) is 0 Å². The average Bonchev–Trinajstić information content (AvgIpc) is 2.60. The van der Waals surface area contributed by atoms with Crippen LogP contribution in [0.5, 0.6) is 5.88 Å². The maximum atomic E-state index is 14.0. The Hall–Kier alpha value is -3.21. The van der Waals surface area contributed by atoms with Crippen molar-refractivity contribution in [2.75, 3.05) is 7.11 Å². The van der Waals surface area contributed by atoms with Gasteiger partial charge in [0.2, 0.25) is 5.88 Å². The number of carboxylic acids is 1. The Morgan fingerprint density at radius 3 is 2.79 bits per heavy atom. The number of hydrogen-bond acceptors (Lipinski definition) is 3. The van der Waals surface area contributed by atoms with Crippen molar-refractivity contribution >= 4 is 22.8 Å². The Morgan fingerprint density at radius 2 is 2.04 bits per heavy atom. The van der Waals surface area contributed by atoms with Crippen molar-refractivity contribution in [1.82, 2.24) is 4.98 Å². The Bertz CT molecular complexity index is 950. The van der Waals surface area contributed by atoms with E-state index in [1.54, 1.807) is 24.3 Å². The van der Waals surface area contributed by atoms with E-state index in [2.05, 4.69) is 4.98 Å². The molecule has 1 aromatic heterocycles. The molecule has 3 rings (SSSR count). The highest BCUT2D eigenvalue weighted by molar-refractivity contribution is 5.88. The molecule has 0 aliphatic heterocycles. The molecule has 2 aromatic carbocycles. The van der Waals surface area contributed by atoms with Crippen LogP contribution in [0, 0.1) is 5.82 Å². The molecule has 0 fully saturated rings. The fraction of sp³-hybridized carbons (Fsp3) is 0.0526. The third kappa shape index (κ3) is 3.10. The first kappa shape index (κ1) is 15.7. The number of aromatic nitrogens is 1. The molecule has 0 atom stereocenters. The van der Waals surface area contributed by atoms with Crippen LogP contribution in [0.25, 0.3) is 28.1 Å². The van der Waals surface area contributed by atoms with Gasteiger partial charge in [0.1, 0.15) is 5.82 Å². The molecule has 0 bridgehead atoms. The summed E-state index contributed by atoms with van der Waals surface area (Å²) in [5, 5.41) is 10.0. The molecule has 0 saturated heterocycles. The summed E-state index contributed by atoms with van der Waals surface area (Å²) in [4.78, 5) is 15.0. The molecule has 0 saturated carbocycles. The maximum Gasteiger partial charge on any atom is 0.328 e. The number of ether oxygens (including phenoxy) is 1. The van der Waals surface area contributed by atoms with Crippen LogP contribution >= 0.6 is 0 Å². The topological polar surface area (TPSA) is 59.4 Å². The Labute approximate surface area is 137 Å². The molecule has 0 spiro atoms. The molecular formula is C19H14FNO3. The summed E-state index contributed by atoms with van der Waals surface area (Å²) in [5.74, 6) is -1.04. The highest BCUT2D eigenvalue weighted by Crippen LogP contribution is 2.28. The van der Waals surface area contributed by atoms with E-state index in [9.17, 15) is 9.18 Å². The normalized spacial score (nSPS) is 11.1. The van der Waals surface area contributed by atoms with Gasteiger partial charge >= 0.3 is 5.97 Å². The minimum atomic E-state index is -1.05. The maximum absolute atomic E-state index is 14.0. The van der Waals surface area contributed by atoms with Gasteiger partial charge in [0.05, 0.1) is 12.8 Å². The van der Waals surface area contributed by atoms with E-state index in [4.69, 9.17) is 9.84 Å². The second kappa shape index (κ2) is 6.50. The molecule has 0 aliphatic carbocycles. The van der Waals surface area contributed by atoms with Crippen LogP contribution in [-0.4, -0.2) is 23.2 Å². The van der Waals surface area contributed by atoms with Gasteiger partial charge in [-0.3, -0.25) is 0 Å². The minimum Gasteiger partial charge on any atom is -0.481 e. The van der Waals surface area contributed by atoms with Crippen LogP contribution in [0.15, 0.2) is 54.6 Å². The van der Waals surface area contributed by atoms with E-state index in [-0.39, 0.29) is 5.82 Å². The summed E-state index contributed by atoms with van der Waals surface area (Å²) < 4.78 is 19.2. The lowest BCUT2D eigenvalue weighted by Gasteiger charge is -2.08. The third-order valence-electron chi connectivity index (χ3n) is 3.61. The van der Waals surface area contributed by atoms with Gasteiger partial charge in [-0.25, -0.2) is 14.2 Å². The zero-order chi connectivity index (χ0) is 17.1. The first-order valence-corrected chi connectivity index (χ1v) is 7.23. The van der Waals surface area contributed by atoms with E-state index >= 15 is 0 Å². The van der Waals surface area contributed by atoms with E-state index in [1.807, 2.05) is 18.2 Å². The zero-order valence-electron chi connectivity index (χ0n) is 12.9. The van der Waals surface area contributed by atoms with Crippen LogP contribution in [0.3, 0.4) is 0 Å². The lowest BCUT2D eigenvalue weighted by Crippen LogP contribution is -1.94. The number of carbonyl (C=O) groups is 1. The highest BCUT2D eigenvalue weighted by Gasteiger charge is 2.08. The Balaban J connectivity index is 2.06. The number of methoxy groups -OCH3 is 1. The number of rotatable bonds is 4. The fourth-order valence-corrected chi connectivity index (χ4v) is 2.46. The predicted molar refractivity (Wildman–Crippen MR) is 90.4 cm³/mol. The van der Waals surface area contributed by atoms with E-state index in [0.29, 0.717) is 22.5 Å². The molecule has 4 nitrogen and oxygen atoms in total. The number of pyridine rings is 1. The molecule has 120 valence electrons. The summed E-state index contributed by atoms with van der Waals surface area (Å²) in [7, 11) is 1.46. The van der Waals surface area contributed by atoms with Crippen molar-refractivity contribution in [2.45, 2.75) is 0 Å². The number of nitrogens with zero attached hydrogens (tertiary/aromatic N) is 1. The smallest absolute Gasteiger partial charge is 0.328 e. The van der Waals surface area contributed by atoms with Crippen molar-refractivity contribution in [3.8, 4) is 17.1 Å². The first-order chi connectivity index (χ1) is 11.6. The number of halogens is 1. The zero-order valence-corrected chi connectivity index (χ0v) is 12.9. The number of carboxylic acid groups (broad SMARTS) is 1. The average molecular weight is 323 g/mol. The first-order valence-electron chi connectivity index (χ1n) is 7.23. The molecule has 0 unspecified atom stereocenters. The molecule has 0 amide bonds. The van der Waals surface area contributed by atoms with Gasteiger partial charge in [0, 0.05) is 22.6 Å². The molecule has 3 aromatic rings. The van der Waals surface area contributed by atoms with Gasteiger partial charge in [0.25, 0.3) is 0 Å². The molecule has 5 heteroatoms. The predicted octanol–water partition coefficient (Wildman–Crippen LogP) is 4.15. The summed E-state index contributed by atoms with van der Waals surface area (Å²) >= 11 is 0. The third-order valence-corrected chi connectivity index (χ3v) is 3.61. The quantitative estimate of drug-likeness (QED) is 0.733. The van der Waals surface area contributed by atoms with Crippen LogP contribution in [0.4, 0.5) is 4.39 Å². The second-order valence-corrected chi connectivity index (χ2v) is 5.14. The number of aliphatic carboxylic acids is 1. The van der Waals surface area contributed by atoms with Gasteiger partial charge < -0.3 is 9.84 Å². The van der Waals surface area contributed by atoms with Crippen molar-refractivity contribution in [2.24, 2.45) is 0 Å². The number of hydrogen-bond donors (Lipinski definition) is 1. The lowest BCUT2D eigenvalue weighted by atomic mass is 10.0. The highest BCUT2D eigenvalue weighted by atomic mass is 19.1. The van der Waals surface area contributed by atoms with Crippen LogP contribution in [-0.2, 0) is 4.79 Å². The molecular weight excluding hydrogens is 309 g/mol. The Morgan fingerprint density at radius 1 is 1.21 bits per heavy atom. The number of fused-ring (bicyclic) bond motifs is 1. The molecule has 1 heterocycles. The molecule has 1 N–H and O–H groups in total. The largest absolute Gasteiger partial charge is 0.481 e. The van der Waals surface area contributed by atoms with Gasteiger partial charge in [0.15, 0.2) is 0 Å². The van der Waals surface area contributed by atoms with E-state index < -0.39 is 5.97 Å². The Kier molecular flexibility index (Phi) is 4.24. The van der Waals surface area contributed by atoms with Crippen LogP contribution < -0.4 is 4.74 Å². The van der Waals surface area contributed by atoms with Crippen molar-refractivity contribution in [1.29, 1.82) is 0 Å². The van der Waals surface area contributed by atoms with Gasteiger partial charge in [-0.15, -0.1) is 0 Å². The van der Waals surface area contributed by atoms with Crippen LogP contribution in [0.1, 0.15) is 5.56 Å². The van der Waals surface area contributed by atoms with Gasteiger partial charge in [-0.2, -0.15) is 0 Å². The van der Waals surface area contributed by atoms with Gasteiger partial charge in [-0.05, 0) is 35.7 Å². The summed E-state index contributed by atoms with van der Waals surface area (Å²) in [5.41, 5.74) is 1.92. The minimum absolute atomic E-state index is 0.290. The fourth-order valence-electron chi connectivity index (χ4n) is 2.46. The van der Waals surface area contributed by atoms with Crippen molar-refractivity contribution < 1.29 is 19.0 Å². The SMILES string of the molecule is COc1nc(-c2ccc3cccc(F)c3c2)ccc1/C=C/C(=O)O. The number of benzene rings is 2. The van der Waals surface area contributed by atoms with Gasteiger partial charge in [-0.1, -0.05) is 24.3 Å². The second-order valence-electron chi connectivity index (χ2n) is 5.14.